The molecule has 0 amide bonds. The second-order valence-corrected chi connectivity index (χ2v) is 11.1. The van der Waals surface area contributed by atoms with Crippen LogP contribution in [-0.4, -0.2) is 69.8 Å². The highest BCUT2D eigenvalue weighted by Gasteiger charge is 1.79. The molecule has 0 saturated heterocycles. The van der Waals surface area contributed by atoms with Gasteiger partial charge in [0.1, 0.15) is 37.0 Å². The summed E-state index contributed by atoms with van der Waals surface area (Å²) in [5.41, 5.74) is 6.61. The Morgan fingerprint density at radius 2 is 0.667 bits per heavy atom. The Labute approximate surface area is 440 Å². The van der Waals surface area contributed by atoms with E-state index < -0.39 is 0 Å². The van der Waals surface area contributed by atoms with Gasteiger partial charge in [-0.05, 0) is 115 Å². The lowest BCUT2D eigenvalue weighted by atomic mass is 10.3. The largest absolute Gasteiger partial charge is 0.265 e. The molecule has 0 bridgehead atoms. The van der Waals surface area contributed by atoms with Crippen LogP contribution in [0.3, 0.4) is 0 Å². The van der Waals surface area contributed by atoms with Crippen LogP contribution in [0.1, 0.15) is 156 Å². The van der Waals surface area contributed by atoms with Crippen molar-refractivity contribution >= 4 is 0 Å². The van der Waals surface area contributed by atoms with E-state index in [0.29, 0.717) is 0 Å². The molecule has 8 aromatic rings. The number of nitrogens with zero attached hydrogens (tertiary/aromatic N) is 14. The van der Waals surface area contributed by atoms with Crippen molar-refractivity contribution < 1.29 is 0 Å². The highest BCUT2D eigenvalue weighted by Crippen LogP contribution is 1.90. The summed E-state index contributed by atoms with van der Waals surface area (Å²) in [6, 6.07) is 17.4. The number of rotatable bonds is 0. The molecule has 0 aliphatic carbocycles. The summed E-state index contributed by atoms with van der Waals surface area (Å²) in [7, 11) is 0. The molecule has 72 heavy (non-hydrogen) atoms. The minimum absolute atomic E-state index is 0.759. The number of pyridine rings is 3. The molecule has 14 nitrogen and oxygen atoms in total. The standard InChI is InChI=1S/3C6H7N.4C5H6N2.C4H5N3.8C2H6/c1-6-2-4-7-5-3-6;1-6-3-2-4-7-5-6;1-6-4-2-3-5-7-6;1-5-2-6-4-7-3-5;1-5-4-6-2-3-7-5;1-5-2-3-6-4-7-5;1-5-6-3-2-4-7-5;1-4-6-2-5-3-7-4;8*1-2/h3*2-5H,1H3;4*2-4H,1H3;2-3H,1H3;8*1-2H3. The SMILES string of the molecule is CC.CC.CC.CC.CC.CC.CC.CC.Cc1ccccn1.Cc1cccnc1.Cc1ccncc1.Cc1ccncn1.Cc1cnccn1.Cc1cncnc1.Cc1ncccn1.Cc1ncncn1. The Balaban J connectivity index is -0.000000104. The van der Waals surface area contributed by atoms with Crippen molar-refractivity contribution in [3.05, 3.63) is 206 Å². The average molecular weight is 992 g/mol. The number of hydrogen-bond acceptors (Lipinski definition) is 14. The maximum absolute atomic E-state index is 3.98. The van der Waals surface area contributed by atoms with Gasteiger partial charge in [-0.25, -0.2) is 44.9 Å². The second-order valence-electron chi connectivity index (χ2n) is 11.1. The van der Waals surface area contributed by atoms with E-state index >= 15 is 0 Å². The molecule has 14 heteroatoms. The van der Waals surface area contributed by atoms with Crippen LogP contribution in [0.25, 0.3) is 0 Å². The molecule has 0 aliphatic heterocycles. The van der Waals surface area contributed by atoms with E-state index in [4.69, 9.17) is 0 Å². The zero-order valence-electron chi connectivity index (χ0n) is 49.3. The predicted octanol–water partition coefficient (Wildman–Crippen LogP) is 15.7. The van der Waals surface area contributed by atoms with Crippen molar-refractivity contribution in [1.29, 1.82) is 0 Å². The van der Waals surface area contributed by atoms with Crippen LogP contribution in [0.15, 0.2) is 160 Å². The first-order chi connectivity index (χ1) is 35.2. The molecule has 8 rings (SSSR count). The van der Waals surface area contributed by atoms with E-state index in [-0.39, 0.29) is 0 Å². The van der Waals surface area contributed by atoms with Gasteiger partial charge in [0.05, 0.1) is 5.69 Å². The van der Waals surface area contributed by atoms with Crippen molar-refractivity contribution in [2.75, 3.05) is 0 Å². The summed E-state index contributed by atoms with van der Waals surface area (Å²) >= 11 is 0. The Kier molecular flexibility index (Phi) is 88.5. The van der Waals surface area contributed by atoms with Gasteiger partial charge in [0.15, 0.2) is 0 Å². The first kappa shape index (κ1) is 81.7. The number of aromatic nitrogens is 14. The Hall–Kier alpha value is -7.22. The topological polar surface area (TPSA) is 180 Å². The number of hydrogen-bond donors (Lipinski definition) is 0. The molecule has 0 fully saturated rings. The van der Waals surface area contributed by atoms with Crippen molar-refractivity contribution in [3.8, 4) is 0 Å². The summed E-state index contributed by atoms with van der Waals surface area (Å²) in [5.74, 6) is 1.58. The van der Waals surface area contributed by atoms with Crippen LogP contribution in [0.5, 0.6) is 0 Å². The Morgan fingerprint density at radius 1 is 0.222 bits per heavy atom. The fourth-order valence-corrected chi connectivity index (χ4v) is 3.10. The molecule has 400 valence electrons. The summed E-state index contributed by atoms with van der Waals surface area (Å²) in [6.07, 6.45) is 28.7. The summed E-state index contributed by atoms with van der Waals surface area (Å²) < 4.78 is 0. The molecule has 0 aliphatic rings. The first-order valence-electron chi connectivity index (χ1n) is 25.3. The predicted molar refractivity (Wildman–Crippen MR) is 309 cm³/mol. The number of aryl methyl sites for hydroxylation is 8. The smallest absolute Gasteiger partial charge is 0.128 e. The highest BCUT2D eigenvalue weighted by atomic mass is 15.0. The second kappa shape index (κ2) is 78.0. The lowest BCUT2D eigenvalue weighted by Gasteiger charge is -1.82. The summed E-state index contributed by atoms with van der Waals surface area (Å²) in [5, 5.41) is 0. The fourth-order valence-electron chi connectivity index (χ4n) is 3.10. The monoisotopic (exact) mass is 991 g/mol. The third-order valence-corrected chi connectivity index (χ3v) is 5.90. The van der Waals surface area contributed by atoms with Crippen LogP contribution in [0.2, 0.25) is 0 Å². The molecular formula is C58H98N14. The Bertz CT molecular complexity index is 1540. The van der Waals surface area contributed by atoms with Gasteiger partial charge in [0, 0.05) is 91.9 Å². The molecule has 8 aromatic heterocycles. The molecule has 0 aromatic carbocycles. The zero-order valence-corrected chi connectivity index (χ0v) is 49.3. The van der Waals surface area contributed by atoms with Crippen molar-refractivity contribution in [3.63, 3.8) is 0 Å². The van der Waals surface area contributed by atoms with E-state index in [1.54, 1.807) is 80.4 Å². The molecule has 0 saturated carbocycles. The van der Waals surface area contributed by atoms with Crippen LogP contribution in [0, 0.1) is 55.4 Å². The lowest BCUT2D eigenvalue weighted by Crippen LogP contribution is -1.84. The average Bonchev–Trinajstić information content (AvgIpc) is 3.46. The van der Waals surface area contributed by atoms with Gasteiger partial charge in [0.25, 0.3) is 0 Å². The van der Waals surface area contributed by atoms with Gasteiger partial charge in [0.2, 0.25) is 0 Å². The van der Waals surface area contributed by atoms with Gasteiger partial charge in [-0.2, -0.15) is 0 Å². The quantitative estimate of drug-likeness (QED) is 0.140. The maximum Gasteiger partial charge on any atom is 0.128 e. The van der Waals surface area contributed by atoms with E-state index in [0.717, 1.165) is 34.3 Å². The van der Waals surface area contributed by atoms with E-state index in [9.17, 15) is 0 Å². The first-order valence-corrected chi connectivity index (χ1v) is 25.3. The maximum atomic E-state index is 3.98. The van der Waals surface area contributed by atoms with Gasteiger partial charge in [-0.15, -0.1) is 0 Å². The normalized spacial score (nSPS) is 7.44. The highest BCUT2D eigenvalue weighted by molar-refractivity contribution is 5.06. The van der Waals surface area contributed by atoms with Crippen molar-refractivity contribution in [1.82, 2.24) is 69.8 Å². The van der Waals surface area contributed by atoms with Crippen LogP contribution in [-0.2, 0) is 0 Å². The summed E-state index contributed by atoms with van der Waals surface area (Å²) in [4.78, 5) is 53.5. The molecule has 0 unspecified atom stereocenters. The molecule has 0 atom stereocenters. The minimum atomic E-state index is 0.759. The molecule has 0 N–H and O–H groups in total. The van der Waals surface area contributed by atoms with E-state index in [1.807, 2.05) is 221 Å². The lowest BCUT2D eigenvalue weighted by molar-refractivity contribution is 0.974. The van der Waals surface area contributed by atoms with Gasteiger partial charge < -0.3 is 0 Å². The van der Waals surface area contributed by atoms with Crippen molar-refractivity contribution in [2.45, 2.75) is 166 Å². The fraction of sp³-hybridized carbons (Fsp3) is 0.414. The van der Waals surface area contributed by atoms with Crippen molar-refractivity contribution in [2.24, 2.45) is 0 Å². The van der Waals surface area contributed by atoms with Gasteiger partial charge in [-0.3, -0.25) is 24.9 Å². The van der Waals surface area contributed by atoms with Crippen LogP contribution >= 0.6 is 0 Å². The zero-order chi connectivity index (χ0) is 56.9. The third-order valence-electron chi connectivity index (χ3n) is 5.90. The van der Waals surface area contributed by atoms with E-state index in [2.05, 4.69) is 69.8 Å². The van der Waals surface area contributed by atoms with Crippen LogP contribution < -0.4 is 0 Å². The summed E-state index contributed by atoms with van der Waals surface area (Å²) in [6.45, 7) is 47.5. The Morgan fingerprint density at radius 3 is 0.889 bits per heavy atom. The minimum Gasteiger partial charge on any atom is -0.265 e. The van der Waals surface area contributed by atoms with Gasteiger partial charge >= 0.3 is 0 Å². The van der Waals surface area contributed by atoms with Crippen LogP contribution in [0.4, 0.5) is 0 Å². The van der Waals surface area contributed by atoms with Gasteiger partial charge in [-0.1, -0.05) is 123 Å². The van der Waals surface area contributed by atoms with E-state index in [1.165, 1.54) is 36.4 Å². The molecule has 8 heterocycles. The molecule has 0 radical (unpaired) electrons. The third kappa shape index (κ3) is 74.3. The molecule has 0 spiro atoms. The molecular weight excluding hydrogens is 893 g/mol.